The zero-order valence-corrected chi connectivity index (χ0v) is 13.2. The molecule has 1 N–H and O–H groups in total. The predicted molar refractivity (Wildman–Crippen MR) is 89.7 cm³/mol. The van der Waals surface area contributed by atoms with Gasteiger partial charge in [-0.15, -0.1) is 11.3 Å². The molecule has 0 aliphatic heterocycles. The number of rotatable bonds is 4. The lowest BCUT2D eigenvalue weighted by Gasteiger charge is -2.22. The zero-order chi connectivity index (χ0) is 13.8. The number of benzene rings is 1. The highest BCUT2D eigenvalue weighted by molar-refractivity contribution is 7.17. The summed E-state index contributed by atoms with van der Waals surface area (Å²) in [5.74, 6) is 0.745. The van der Waals surface area contributed by atoms with Gasteiger partial charge in [0.05, 0.1) is 0 Å². The molecule has 1 heterocycles. The lowest BCUT2D eigenvalue weighted by atomic mass is 9.89. The summed E-state index contributed by atoms with van der Waals surface area (Å²) in [5, 5.41) is 7.42. The Hall–Kier alpha value is -0.860. The van der Waals surface area contributed by atoms with Crippen LogP contribution in [0.25, 0.3) is 10.1 Å². The van der Waals surface area contributed by atoms with E-state index in [1.54, 1.807) is 5.56 Å². The number of hydrogen-bond donors (Lipinski definition) is 1. The summed E-state index contributed by atoms with van der Waals surface area (Å²) in [6, 6.07) is 9.83. The van der Waals surface area contributed by atoms with Gasteiger partial charge in [0.2, 0.25) is 0 Å². The molecule has 0 spiro atoms. The molecule has 1 aliphatic carbocycles. The fourth-order valence-electron chi connectivity index (χ4n) is 3.51. The topological polar surface area (TPSA) is 12.0 Å². The van der Waals surface area contributed by atoms with Crippen molar-refractivity contribution in [1.29, 1.82) is 0 Å². The Bertz CT molecular complexity index is 545. The molecule has 1 saturated carbocycles. The van der Waals surface area contributed by atoms with Crippen molar-refractivity contribution < 1.29 is 0 Å². The zero-order valence-electron chi connectivity index (χ0n) is 12.4. The average Bonchev–Trinajstić information content (AvgIpc) is 2.83. The van der Waals surface area contributed by atoms with Gasteiger partial charge in [0, 0.05) is 10.7 Å². The highest BCUT2D eigenvalue weighted by Crippen LogP contribution is 2.37. The van der Waals surface area contributed by atoms with Crippen LogP contribution in [0.4, 0.5) is 0 Å². The van der Waals surface area contributed by atoms with Crippen molar-refractivity contribution in [3.05, 3.63) is 35.2 Å². The van der Waals surface area contributed by atoms with Gasteiger partial charge in [0.25, 0.3) is 0 Å². The number of thiophene rings is 1. The van der Waals surface area contributed by atoms with Gasteiger partial charge in [0.15, 0.2) is 0 Å². The first-order chi connectivity index (χ1) is 9.88. The summed E-state index contributed by atoms with van der Waals surface area (Å²) in [6.07, 6.45) is 8.05. The molecule has 0 radical (unpaired) electrons. The largest absolute Gasteiger partial charge is 0.314 e. The maximum atomic E-state index is 3.76. The van der Waals surface area contributed by atoms with E-state index in [0.29, 0.717) is 0 Å². The minimum absolute atomic E-state index is 0.720. The SMILES string of the molecule is CCCNC1CCCCC(c2cccc3ccsc23)C1. The van der Waals surface area contributed by atoms with E-state index >= 15 is 0 Å². The van der Waals surface area contributed by atoms with Crippen molar-refractivity contribution in [3.8, 4) is 0 Å². The van der Waals surface area contributed by atoms with Gasteiger partial charge in [-0.05, 0) is 60.5 Å². The van der Waals surface area contributed by atoms with Crippen LogP contribution in [0.15, 0.2) is 29.6 Å². The van der Waals surface area contributed by atoms with Crippen LogP contribution in [0.2, 0.25) is 0 Å². The van der Waals surface area contributed by atoms with E-state index in [-0.39, 0.29) is 0 Å². The third-order valence-corrected chi connectivity index (χ3v) is 5.54. The van der Waals surface area contributed by atoms with E-state index in [1.165, 1.54) is 55.2 Å². The van der Waals surface area contributed by atoms with Gasteiger partial charge in [-0.2, -0.15) is 0 Å². The molecule has 108 valence electrons. The van der Waals surface area contributed by atoms with Crippen molar-refractivity contribution >= 4 is 21.4 Å². The van der Waals surface area contributed by atoms with Crippen molar-refractivity contribution in [2.45, 2.75) is 57.4 Å². The molecule has 1 nitrogen and oxygen atoms in total. The van der Waals surface area contributed by atoms with E-state index in [1.807, 2.05) is 11.3 Å². The maximum absolute atomic E-state index is 3.76. The Labute approximate surface area is 126 Å². The fraction of sp³-hybridized carbons (Fsp3) is 0.556. The van der Waals surface area contributed by atoms with Crippen molar-refractivity contribution in [2.24, 2.45) is 0 Å². The van der Waals surface area contributed by atoms with Crippen LogP contribution in [-0.2, 0) is 0 Å². The lowest BCUT2D eigenvalue weighted by molar-refractivity contribution is 0.440. The second kappa shape index (κ2) is 6.73. The van der Waals surface area contributed by atoms with Gasteiger partial charge in [0.1, 0.15) is 0 Å². The number of fused-ring (bicyclic) bond motifs is 1. The first-order valence-electron chi connectivity index (χ1n) is 8.08. The molecule has 0 amide bonds. The van der Waals surface area contributed by atoms with Crippen LogP contribution in [0.1, 0.15) is 56.9 Å². The lowest BCUT2D eigenvalue weighted by Crippen LogP contribution is -2.30. The van der Waals surface area contributed by atoms with E-state index in [9.17, 15) is 0 Å². The van der Waals surface area contributed by atoms with Crippen molar-refractivity contribution in [1.82, 2.24) is 5.32 Å². The molecule has 1 aromatic carbocycles. The summed E-state index contributed by atoms with van der Waals surface area (Å²) in [6.45, 7) is 3.42. The molecule has 2 atom stereocenters. The second-order valence-electron chi connectivity index (χ2n) is 6.05. The predicted octanol–water partition coefficient (Wildman–Crippen LogP) is 5.32. The molecule has 3 rings (SSSR count). The molecular weight excluding hydrogens is 262 g/mol. The third-order valence-electron chi connectivity index (χ3n) is 4.56. The summed E-state index contributed by atoms with van der Waals surface area (Å²) < 4.78 is 1.52. The highest BCUT2D eigenvalue weighted by Gasteiger charge is 2.22. The smallest absolute Gasteiger partial charge is 0.0377 e. The quantitative estimate of drug-likeness (QED) is 0.751. The molecule has 0 saturated heterocycles. The van der Waals surface area contributed by atoms with Crippen LogP contribution in [0.3, 0.4) is 0 Å². The first kappa shape index (κ1) is 14.1. The molecule has 2 heteroatoms. The minimum atomic E-state index is 0.720. The Morgan fingerprint density at radius 1 is 1.20 bits per heavy atom. The monoisotopic (exact) mass is 287 g/mol. The minimum Gasteiger partial charge on any atom is -0.314 e. The van der Waals surface area contributed by atoms with Crippen molar-refractivity contribution in [2.75, 3.05) is 6.54 Å². The Morgan fingerprint density at radius 3 is 3.00 bits per heavy atom. The van der Waals surface area contributed by atoms with Gasteiger partial charge < -0.3 is 5.32 Å². The van der Waals surface area contributed by atoms with E-state index in [4.69, 9.17) is 0 Å². The third kappa shape index (κ3) is 3.07. The molecule has 2 unspecified atom stereocenters. The summed E-state index contributed by atoms with van der Waals surface area (Å²) in [5.41, 5.74) is 1.60. The number of hydrogen-bond acceptors (Lipinski definition) is 2. The molecule has 1 aliphatic rings. The van der Waals surface area contributed by atoms with Gasteiger partial charge in [-0.25, -0.2) is 0 Å². The molecule has 1 fully saturated rings. The summed E-state index contributed by atoms with van der Waals surface area (Å²) >= 11 is 1.91. The van der Waals surface area contributed by atoms with Gasteiger partial charge in [-0.3, -0.25) is 0 Å². The van der Waals surface area contributed by atoms with Gasteiger partial charge >= 0.3 is 0 Å². The van der Waals surface area contributed by atoms with Gasteiger partial charge in [-0.1, -0.05) is 38.0 Å². The fourth-order valence-corrected chi connectivity index (χ4v) is 4.51. The summed E-state index contributed by atoms with van der Waals surface area (Å²) in [7, 11) is 0. The molecular formula is C18H25NS. The summed E-state index contributed by atoms with van der Waals surface area (Å²) in [4.78, 5) is 0. The van der Waals surface area contributed by atoms with Crippen LogP contribution in [-0.4, -0.2) is 12.6 Å². The first-order valence-corrected chi connectivity index (χ1v) is 8.96. The molecule has 20 heavy (non-hydrogen) atoms. The Kier molecular flexibility index (Phi) is 4.74. The Morgan fingerprint density at radius 2 is 2.10 bits per heavy atom. The van der Waals surface area contributed by atoms with Crippen LogP contribution in [0, 0.1) is 0 Å². The average molecular weight is 287 g/mol. The number of nitrogens with one attached hydrogen (secondary N) is 1. The molecule has 2 aromatic rings. The molecule has 0 bridgehead atoms. The maximum Gasteiger partial charge on any atom is 0.0377 e. The van der Waals surface area contributed by atoms with Crippen LogP contribution >= 0.6 is 11.3 Å². The molecule has 1 aromatic heterocycles. The van der Waals surface area contributed by atoms with Crippen LogP contribution < -0.4 is 5.32 Å². The van der Waals surface area contributed by atoms with E-state index in [0.717, 1.165) is 12.0 Å². The van der Waals surface area contributed by atoms with Crippen molar-refractivity contribution in [3.63, 3.8) is 0 Å². The second-order valence-corrected chi connectivity index (χ2v) is 6.97. The normalized spacial score (nSPS) is 23.9. The highest BCUT2D eigenvalue weighted by atomic mass is 32.1. The van der Waals surface area contributed by atoms with E-state index in [2.05, 4.69) is 41.9 Å². The standard InChI is InChI=1S/C18H25NS/c1-2-11-19-16-8-4-3-6-15(13-16)17-9-5-7-14-10-12-20-18(14)17/h5,7,9-10,12,15-16,19H,2-4,6,8,11,13H2,1H3. The Balaban J connectivity index is 1.82. The van der Waals surface area contributed by atoms with E-state index < -0.39 is 0 Å². The van der Waals surface area contributed by atoms with Crippen LogP contribution in [0.5, 0.6) is 0 Å².